The smallest absolute Gasteiger partial charge is 0.165 e. The first-order chi connectivity index (χ1) is 8.26. The van der Waals surface area contributed by atoms with Gasteiger partial charge in [0.15, 0.2) is 5.78 Å². The largest absolute Gasteiger partial charge is 0.378 e. The zero-order valence-corrected chi connectivity index (χ0v) is 10.4. The zero-order valence-electron chi connectivity index (χ0n) is 10.4. The van der Waals surface area contributed by atoms with E-state index in [0.717, 1.165) is 18.4 Å². The quantitative estimate of drug-likeness (QED) is 0.741. The normalized spacial score (nSPS) is 18.9. The number of hydrogen-bond donors (Lipinski definition) is 0. The molecule has 0 atom stereocenters. The molecule has 0 unspecified atom stereocenters. The molecule has 1 saturated carbocycles. The van der Waals surface area contributed by atoms with Crippen molar-refractivity contribution in [3.63, 3.8) is 0 Å². The molecule has 1 aromatic carbocycles. The number of carbonyl (C=O) groups excluding carboxylic acids is 1. The lowest BCUT2D eigenvalue weighted by Crippen LogP contribution is -2.36. The second-order valence-corrected chi connectivity index (χ2v) is 4.91. The van der Waals surface area contributed by atoms with E-state index in [4.69, 9.17) is 4.74 Å². The Morgan fingerprint density at radius 2 is 1.82 bits per heavy atom. The molecule has 2 rings (SSSR count). The number of carbonyl (C=O) groups is 1. The molecule has 1 aromatic rings. The highest BCUT2D eigenvalue weighted by Crippen LogP contribution is 2.34. The van der Waals surface area contributed by atoms with E-state index in [0.29, 0.717) is 6.42 Å². The van der Waals surface area contributed by atoms with Crippen LogP contribution in [0.2, 0.25) is 0 Å². The number of ketones is 1. The van der Waals surface area contributed by atoms with Crippen molar-refractivity contribution < 1.29 is 9.53 Å². The van der Waals surface area contributed by atoms with E-state index in [1.165, 1.54) is 19.3 Å². The third-order valence-electron chi connectivity index (χ3n) is 3.78. The molecule has 0 saturated heterocycles. The van der Waals surface area contributed by atoms with Gasteiger partial charge >= 0.3 is 0 Å². The van der Waals surface area contributed by atoms with Crippen molar-refractivity contribution in [3.05, 3.63) is 35.9 Å². The van der Waals surface area contributed by atoms with Gasteiger partial charge in [0.05, 0.1) is 5.60 Å². The van der Waals surface area contributed by atoms with Gasteiger partial charge in [-0.1, -0.05) is 49.6 Å². The fraction of sp³-hybridized carbons (Fsp3) is 0.533. The standard InChI is InChI=1S/C15H20O2/c1-17-15(10-6-3-7-11-15)12-14(16)13-8-4-2-5-9-13/h2,4-5,8-9H,3,6-7,10-12H2,1H3. The fourth-order valence-corrected chi connectivity index (χ4v) is 2.67. The van der Waals surface area contributed by atoms with Crippen LogP contribution in [-0.4, -0.2) is 18.5 Å². The lowest BCUT2D eigenvalue weighted by Gasteiger charge is -2.35. The number of methoxy groups -OCH3 is 1. The van der Waals surface area contributed by atoms with E-state index < -0.39 is 0 Å². The minimum Gasteiger partial charge on any atom is -0.378 e. The van der Waals surface area contributed by atoms with Gasteiger partial charge in [0.2, 0.25) is 0 Å². The van der Waals surface area contributed by atoms with E-state index in [9.17, 15) is 4.79 Å². The van der Waals surface area contributed by atoms with Crippen LogP contribution in [0.25, 0.3) is 0 Å². The van der Waals surface area contributed by atoms with Gasteiger partial charge in [0.25, 0.3) is 0 Å². The predicted molar refractivity (Wildman–Crippen MR) is 68.2 cm³/mol. The Bertz CT molecular complexity index is 364. The highest BCUT2D eigenvalue weighted by Gasteiger charge is 2.34. The number of hydrogen-bond acceptors (Lipinski definition) is 2. The Morgan fingerprint density at radius 1 is 1.18 bits per heavy atom. The van der Waals surface area contributed by atoms with Crippen LogP contribution in [0.4, 0.5) is 0 Å². The molecule has 0 bridgehead atoms. The van der Waals surface area contributed by atoms with Gasteiger partial charge < -0.3 is 4.74 Å². The van der Waals surface area contributed by atoms with E-state index in [-0.39, 0.29) is 11.4 Å². The molecule has 92 valence electrons. The summed E-state index contributed by atoms with van der Waals surface area (Å²) in [5, 5.41) is 0. The molecule has 2 heteroatoms. The van der Waals surface area contributed by atoms with Crippen LogP contribution >= 0.6 is 0 Å². The first kappa shape index (κ1) is 12.3. The first-order valence-electron chi connectivity index (χ1n) is 6.39. The molecule has 0 aromatic heterocycles. The molecule has 0 heterocycles. The van der Waals surface area contributed by atoms with Crippen molar-refractivity contribution in [1.29, 1.82) is 0 Å². The minimum atomic E-state index is -0.203. The third-order valence-corrected chi connectivity index (χ3v) is 3.78. The highest BCUT2D eigenvalue weighted by atomic mass is 16.5. The molecule has 1 aliphatic rings. The molecule has 0 radical (unpaired) electrons. The predicted octanol–water partition coefficient (Wildman–Crippen LogP) is 3.61. The molecule has 0 N–H and O–H groups in total. The number of benzene rings is 1. The van der Waals surface area contributed by atoms with Crippen molar-refractivity contribution in [2.45, 2.75) is 44.1 Å². The molecule has 2 nitrogen and oxygen atoms in total. The van der Waals surface area contributed by atoms with Crippen LogP contribution < -0.4 is 0 Å². The summed E-state index contributed by atoms with van der Waals surface area (Å²) in [4.78, 5) is 12.2. The van der Waals surface area contributed by atoms with Gasteiger partial charge in [-0.3, -0.25) is 4.79 Å². The van der Waals surface area contributed by atoms with Crippen LogP contribution in [0.3, 0.4) is 0 Å². The van der Waals surface area contributed by atoms with E-state index in [2.05, 4.69) is 0 Å². The van der Waals surface area contributed by atoms with Gasteiger partial charge in [-0.15, -0.1) is 0 Å². The minimum absolute atomic E-state index is 0.203. The summed E-state index contributed by atoms with van der Waals surface area (Å²) in [7, 11) is 1.74. The topological polar surface area (TPSA) is 26.3 Å². The number of ether oxygens (including phenoxy) is 1. The molecule has 0 aliphatic heterocycles. The SMILES string of the molecule is COC1(CC(=O)c2ccccc2)CCCCC1. The molecule has 1 fully saturated rings. The maximum absolute atomic E-state index is 12.2. The van der Waals surface area contributed by atoms with E-state index in [1.54, 1.807) is 7.11 Å². The maximum atomic E-state index is 12.2. The van der Waals surface area contributed by atoms with Gasteiger partial charge in [-0.2, -0.15) is 0 Å². The highest BCUT2D eigenvalue weighted by molar-refractivity contribution is 5.96. The molecular weight excluding hydrogens is 212 g/mol. The summed E-state index contributed by atoms with van der Waals surface area (Å²) in [5.41, 5.74) is 0.597. The van der Waals surface area contributed by atoms with Gasteiger partial charge in [0.1, 0.15) is 0 Å². The molecular formula is C15H20O2. The average Bonchev–Trinajstić information content (AvgIpc) is 2.41. The number of Topliss-reactive ketones (excluding diaryl/α,β-unsaturated/α-hetero) is 1. The molecule has 1 aliphatic carbocycles. The summed E-state index contributed by atoms with van der Waals surface area (Å²) in [5.74, 6) is 0.203. The fourth-order valence-electron chi connectivity index (χ4n) is 2.67. The molecule has 0 spiro atoms. The van der Waals surface area contributed by atoms with Crippen LogP contribution in [0.15, 0.2) is 30.3 Å². The van der Waals surface area contributed by atoms with Crippen molar-refractivity contribution in [1.82, 2.24) is 0 Å². The second kappa shape index (κ2) is 5.46. The summed E-state index contributed by atoms with van der Waals surface area (Å²) < 4.78 is 5.65. The monoisotopic (exact) mass is 232 g/mol. The van der Waals surface area contributed by atoms with Gasteiger partial charge in [-0.05, 0) is 12.8 Å². The summed E-state index contributed by atoms with van der Waals surface area (Å²) >= 11 is 0. The van der Waals surface area contributed by atoms with Gasteiger partial charge in [0, 0.05) is 19.1 Å². The number of rotatable bonds is 4. The van der Waals surface area contributed by atoms with Crippen LogP contribution in [0, 0.1) is 0 Å². The van der Waals surface area contributed by atoms with Crippen molar-refractivity contribution >= 4 is 5.78 Å². The van der Waals surface area contributed by atoms with E-state index >= 15 is 0 Å². The lowest BCUT2D eigenvalue weighted by atomic mass is 9.80. The van der Waals surface area contributed by atoms with E-state index in [1.807, 2.05) is 30.3 Å². The van der Waals surface area contributed by atoms with Crippen molar-refractivity contribution in [3.8, 4) is 0 Å². The first-order valence-corrected chi connectivity index (χ1v) is 6.39. The molecule has 17 heavy (non-hydrogen) atoms. The average molecular weight is 232 g/mol. The van der Waals surface area contributed by atoms with Gasteiger partial charge in [-0.25, -0.2) is 0 Å². The molecule has 0 amide bonds. The Kier molecular flexibility index (Phi) is 3.95. The Labute approximate surface area is 103 Å². The Balaban J connectivity index is 2.06. The van der Waals surface area contributed by atoms with Crippen molar-refractivity contribution in [2.24, 2.45) is 0 Å². The van der Waals surface area contributed by atoms with Crippen molar-refractivity contribution in [2.75, 3.05) is 7.11 Å². The maximum Gasteiger partial charge on any atom is 0.165 e. The second-order valence-electron chi connectivity index (χ2n) is 4.91. The summed E-state index contributed by atoms with van der Waals surface area (Å²) in [6, 6.07) is 9.52. The third kappa shape index (κ3) is 2.95. The van der Waals surface area contributed by atoms with Crippen LogP contribution in [0.5, 0.6) is 0 Å². The Morgan fingerprint density at radius 3 is 2.41 bits per heavy atom. The van der Waals surface area contributed by atoms with Crippen LogP contribution in [0.1, 0.15) is 48.9 Å². The lowest BCUT2D eigenvalue weighted by molar-refractivity contribution is -0.0395. The van der Waals surface area contributed by atoms with Crippen LogP contribution in [-0.2, 0) is 4.74 Å². The summed E-state index contributed by atoms with van der Waals surface area (Å²) in [6.45, 7) is 0. The Hall–Kier alpha value is -1.15. The summed E-state index contributed by atoms with van der Waals surface area (Å²) in [6.07, 6.45) is 6.17. The zero-order chi connectivity index (χ0) is 12.1.